The summed E-state index contributed by atoms with van der Waals surface area (Å²) in [7, 11) is 0. The third-order valence-electron chi connectivity index (χ3n) is 4.65. The summed E-state index contributed by atoms with van der Waals surface area (Å²) in [4.78, 5) is 17.9. The molecule has 0 radical (unpaired) electrons. The molecule has 3 rings (SSSR count). The molecular weight excluding hydrogens is 272 g/mol. The average Bonchev–Trinajstić information content (AvgIpc) is 2.82. The van der Waals surface area contributed by atoms with E-state index in [2.05, 4.69) is 44.0 Å². The fourth-order valence-corrected chi connectivity index (χ4v) is 3.23. The maximum atomic E-state index is 12.3. The van der Waals surface area contributed by atoms with Crippen molar-refractivity contribution in [3.05, 3.63) is 35.0 Å². The quantitative estimate of drug-likeness (QED) is 0.848. The Balaban J connectivity index is 2.03. The highest BCUT2D eigenvalue weighted by atomic mass is 16.2. The van der Waals surface area contributed by atoms with Crippen LogP contribution in [0.4, 0.5) is 0 Å². The summed E-state index contributed by atoms with van der Waals surface area (Å²) in [6.07, 6.45) is 0.924. The monoisotopic (exact) mass is 298 g/mol. The maximum Gasteiger partial charge on any atom is 0.225 e. The second kappa shape index (κ2) is 5.15. The van der Waals surface area contributed by atoms with Crippen molar-refractivity contribution in [1.82, 2.24) is 9.88 Å². The molecule has 0 unspecified atom stereocenters. The van der Waals surface area contributed by atoms with Crippen molar-refractivity contribution >= 4 is 16.8 Å². The van der Waals surface area contributed by atoms with Crippen molar-refractivity contribution in [2.24, 2.45) is 5.92 Å². The van der Waals surface area contributed by atoms with Gasteiger partial charge in [0.05, 0.1) is 0 Å². The second-order valence-electron chi connectivity index (χ2n) is 7.76. The number of hydrogen-bond donors (Lipinski definition) is 1. The summed E-state index contributed by atoms with van der Waals surface area (Å²) in [6.45, 7) is 12.2. The minimum Gasteiger partial charge on any atom is -0.358 e. The van der Waals surface area contributed by atoms with E-state index in [1.165, 1.54) is 27.7 Å². The van der Waals surface area contributed by atoms with Gasteiger partial charge < -0.3 is 9.88 Å². The zero-order valence-corrected chi connectivity index (χ0v) is 14.3. The molecule has 2 heterocycles. The maximum absolute atomic E-state index is 12.3. The molecule has 0 atom stereocenters. The van der Waals surface area contributed by atoms with E-state index in [1.54, 1.807) is 0 Å². The number of H-pyrrole nitrogens is 1. The summed E-state index contributed by atoms with van der Waals surface area (Å²) >= 11 is 0. The molecule has 118 valence electrons. The van der Waals surface area contributed by atoms with Crippen LogP contribution in [0, 0.1) is 5.92 Å². The predicted octanol–water partition coefficient (Wildman–Crippen LogP) is 4.01. The molecule has 1 N–H and O–H groups in total. The number of rotatable bonds is 1. The number of nitrogens with zero attached hydrogens (tertiary/aromatic N) is 1. The lowest BCUT2D eigenvalue weighted by Crippen LogP contribution is -2.38. The van der Waals surface area contributed by atoms with Crippen LogP contribution in [0.15, 0.2) is 18.2 Å². The van der Waals surface area contributed by atoms with Crippen LogP contribution in [0.3, 0.4) is 0 Å². The lowest BCUT2D eigenvalue weighted by molar-refractivity contribution is -0.135. The number of aromatic nitrogens is 1. The zero-order chi connectivity index (χ0) is 16.1. The van der Waals surface area contributed by atoms with Gasteiger partial charge >= 0.3 is 0 Å². The van der Waals surface area contributed by atoms with Gasteiger partial charge in [-0.25, -0.2) is 0 Å². The molecular formula is C19H26N2O. The van der Waals surface area contributed by atoms with Crippen LogP contribution >= 0.6 is 0 Å². The first kappa shape index (κ1) is 15.1. The zero-order valence-electron chi connectivity index (χ0n) is 14.3. The first-order valence-electron chi connectivity index (χ1n) is 8.20. The predicted molar refractivity (Wildman–Crippen MR) is 91.0 cm³/mol. The van der Waals surface area contributed by atoms with E-state index < -0.39 is 0 Å². The highest BCUT2D eigenvalue weighted by Crippen LogP contribution is 2.32. The number of amides is 1. The standard InChI is InChI=1S/C19H26N2O/c1-12(2)18(22)21-9-8-17-15(11-21)14-10-13(19(3,4)5)6-7-16(14)20-17/h6-7,10,12,20H,8-9,11H2,1-5H3. The van der Waals surface area contributed by atoms with E-state index in [-0.39, 0.29) is 17.2 Å². The van der Waals surface area contributed by atoms with Gasteiger partial charge in [-0.05, 0) is 23.1 Å². The first-order valence-corrected chi connectivity index (χ1v) is 8.20. The number of nitrogens with one attached hydrogen (secondary N) is 1. The average molecular weight is 298 g/mol. The lowest BCUT2D eigenvalue weighted by atomic mass is 9.86. The normalized spacial score (nSPS) is 15.5. The van der Waals surface area contributed by atoms with E-state index in [1.807, 2.05) is 18.7 Å². The van der Waals surface area contributed by atoms with Crippen LogP contribution in [0.2, 0.25) is 0 Å². The summed E-state index contributed by atoms with van der Waals surface area (Å²) in [5.41, 5.74) is 5.28. The van der Waals surface area contributed by atoms with E-state index >= 15 is 0 Å². The van der Waals surface area contributed by atoms with Crippen LogP contribution < -0.4 is 0 Å². The van der Waals surface area contributed by atoms with Gasteiger partial charge in [-0.2, -0.15) is 0 Å². The van der Waals surface area contributed by atoms with Crippen LogP contribution in [-0.4, -0.2) is 22.3 Å². The number of fused-ring (bicyclic) bond motifs is 3. The molecule has 1 amide bonds. The number of aromatic amines is 1. The summed E-state index contributed by atoms with van der Waals surface area (Å²) in [5.74, 6) is 0.323. The fourth-order valence-electron chi connectivity index (χ4n) is 3.23. The molecule has 0 spiro atoms. The van der Waals surface area contributed by atoms with E-state index in [0.717, 1.165) is 19.5 Å². The van der Waals surface area contributed by atoms with Crippen molar-refractivity contribution in [1.29, 1.82) is 0 Å². The van der Waals surface area contributed by atoms with Crippen molar-refractivity contribution in [3.63, 3.8) is 0 Å². The Kier molecular flexibility index (Phi) is 3.54. The third-order valence-corrected chi connectivity index (χ3v) is 4.65. The van der Waals surface area contributed by atoms with Crippen LogP contribution in [0.1, 0.15) is 51.4 Å². The van der Waals surface area contributed by atoms with Gasteiger partial charge in [0.2, 0.25) is 5.91 Å². The van der Waals surface area contributed by atoms with Gasteiger partial charge in [0.1, 0.15) is 0 Å². The van der Waals surface area contributed by atoms with Crippen LogP contribution in [0.5, 0.6) is 0 Å². The molecule has 1 aromatic carbocycles. The number of benzene rings is 1. The Morgan fingerprint density at radius 1 is 1.27 bits per heavy atom. The van der Waals surface area contributed by atoms with Gasteiger partial charge in [-0.3, -0.25) is 4.79 Å². The smallest absolute Gasteiger partial charge is 0.225 e. The molecule has 1 aliphatic heterocycles. The van der Waals surface area contributed by atoms with Gasteiger partial charge in [0, 0.05) is 47.6 Å². The minimum absolute atomic E-state index is 0.0666. The Labute approximate surface area is 132 Å². The van der Waals surface area contributed by atoms with Crippen LogP contribution in [0.25, 0.3) is 10.9 Å². The molecule has 0 aliphatic carbocycles. The van der Waals surface area contributed by atoms with Gasteiger partial charge in [-0.15, -0.1) is 0 Å². The topological polar surface area (TPSA) is 36.1 Å². The largest absolute Gasteiger partial charge is 0.358 e. The third kappa shape index (κ3) is 2.53. The van der Waals surface area contributed by atoms with Crippen molar-refractivity contribution in [2.75, 3.05) is 6.54 Å². The molecule has 1 aromatic heterocycles. The molecule has 0 saturated carbocycles. The Morgan fingerprint density at radius 3 is 2.64 bits per heavy atom. The Bertz CT molecular complexity index is 719. The number of hydrogen-bond acceptors (Lipinski definition) is 1. The van der Waals surface area contributed by atoms with Gasteiger partial charge in [0.25, 0.3) is 0 Å². The number of carbonyl (C=O) groups is 1. The van der Waals surface area contributed by atoms with Gasteiger partial charge in [0.15, 0.2) is 0 Å². The van der Waals surface area contributed by atoms with Crippen molar-refractivity contribution in [3.8, 4) is 0 Å². The highest BCUT2D eigenvalue weighted by molar-refractivity contribution is 5.87. The SMILES string of the molecule is CC(C)C(=O)N1CCc2[nH]c3ccc(C(C)(C)C)cc3c2C1. The van der Waals surface area contributed by atoms with Crippen molar-refractivity contribution in [2.45, 2.75) is 53.0 Å². The first-order chi connectivity index (χ1) is 10.3. The summed E-state index contributed by atoms with van der Waals surface area (Å²) in [6, 6.07) is 6.69. The fraction of sp³-hybridized carbons (Fsp3) is 0.526. The molecule has 1 aliphatic rings. The molecule has 22 heavy (non-hydrogen) atoms. The van der Waals surface area contributed by atoms with E-state index in [9.17, 15) is 4.79 Å². The molecule has 3 heteroatoms. The van der Waals surface area contributed by atoms with Crippen LogP contribution in [-0.2, 0) is 23.2 Å². The molecule has 0 saturated heterocycles. The molecule has 0 fully saturated rings. The molecule has 3 nitrogen and oxygen atoms in total. The van der Waals surface area contributed by atoms with E-state index in [4.69, 9.17) is 0 Å². The number of carbonyl (C=O) groups excluding carboxylic acids is 1. The van der Waals surface area contributed by atoms with Gasteiger partial charge in [-0.1, -0.05) is 40.7 Å². The van der Waals surface area contributed by atoms with Crippen molar-refractivity contribution < 1.29 is 4.79 Å². The molecule has 0 bridgehead atoms. The second-order valence-corrected chi connectivity index (χ2v) is 7.76. The summed E-state index contributed by atoms with van der Waals surface area (Å²) in [5, 5.41) is 1.28. The molecule has 2 aromatic rings. The highest BCUT2D eigenvalue weighted by Gasteiger charge is 2.26. The minimum atomic E-state index is 0.0666. The Morgan fingerprint density at radius 2 is 2.00 bits per heavy atom. The van der Waals surface area contributed by atoms with E-state index in [0.29, 0.717) is 0 Å². The Hall–Kier alpha value is -1.77. The lowest BCUT2D eigenvalue weighted by Gasteiger charge is -2.29. The summed E-state index contributed by atoms with van der Waals surface area (Å²) < 4.78 is 0.